The minimum atomic E-state index is -0.133. The number of nitrogens with zero attached hydrogens (tertiary/aromatic N) is 2. The van der Waals surface area contributed by atoms with E-state index in [0.717, 1.165) is 54.6 Å². The molecule has 0 amide bonds. The summed E-state index contributed by atoms with van der Waals surface area (Å²) < 4.78 is 14.0. The van der Waals surface area contributed by atoms with Gasteiger partial charge in [-0.05, 0) is 51.6 Å². The van der Waals surface area contributed by atoms with Gasteiger partial charge in [-0.15, -0.1) is 0 Å². The van der Waals surface area contributed by atoms with Gasteiger partial charge in [0.15, 0.2) is 5.58 Å². The molecule has 0 atom stereocenters. The minimum absolute atomic E-state index is 0.133. The standard InChI is InChI=1S/C34H18N2O3/c37-33-31-23-10-3-1-8-21(23)22-9-2-4-11-24(22)32(31)35-34-36(33)26-17-16-19(18-29(26)39-34)20-13-7-15-28-30(20)25-12-5-6-14-27(25)38-28/h1-18H. The number of benzene rings is 6. The number of hydrogen-bond acceptors (Lipinski definition) is 4. The smallest absolute Gasteiger partial charge is 0.310 e. The summed E-state index contributed by atoms with van der Waals surface area (Å²) in [5.74, 6) is 0.284. The molecule has 0 aliphatic carbocycles. The van der Waals surface area contributed by atoms with Gasteiger partial charge in [-0.2, -0.15) is 4.98 Å². The lowest BCUT2D eigenvalue weighted by molar-refractivity contribution is 0.637. The fourth-order valence-corrected chi connectivity index (χ4v) is 6.14. The zero-order chi connectivity index (χ0) is 25.7. The summed E-state index contributed by atoms with van der Waals surface area (Å²) in [6.45, 7) is 0. The summed E-state index contributed by atoms with van der Waals surface area (Å²) in [6, 6.07) is 36.2. The first-order chi connectivity index (χ1) is 19.3. The van der Waals surface area contributed by atoms with Crippen LogP contribution in [0.1, 0.15) is 0 Å². The Balaban J connectivity index is 1.38. The van der Waals surface area contributed by atoms with Crippen molar-refractivity contribution >= 4 is 71.3 Å². The van der Waals surface area contributed by atoms with Gasteiger partial charge in [-0.3, -0.25) is 4.79 Å². The van der Waals surface area contributed by atoms with Crippen LogP contribution in [-0.4, -0.2) is 9.38 Å². The number of aromatic nitrogens is 2. The molecule has 182 valence electrons. The SMILES string of the molecule is O=c1c2c3ccccc3c3ccccc3c2nc2oc3cc(-c4cccc5oc6ccccc6c45)ccc3n12. The first-order valence-electron chi connectivity index (χ1n) is 12.9. The molecule has 0 unspecified atom stereocenters. The molecule has 9 aromatic rings. The molecule has 6 aromatic carbocycles. The average molecular weight is 503 g/mol. The minimum Gasteiger partial charge on any atom is -0.456 e. The zero-order valence-corrected chi connectivity index (χ0v) is 20.5. The molecule has 3 heterocycles. The fourth-order valence-electron chi connectivity index (χ4n) is 6.14. The van der Waals surface area contributed by atoms with Gasteiger partial charge >= 0.3 is 5.84 Å². The zero-order valence-electron chi connectivity index (χ0n) is 20.5. The van der Waals surface area contributed by atoms with Gasteiger partial charge in [0.05, 0.1) is 16.4 Å². The van der Waals surface area contributed by atoms with Crippen LogP contribution in [0.4, 0.5) is 0 Å². The molecule has 39 heavy (non-hydrogen) atoms. The molecule has 5 nitrogen and oxygen atoms in total. The van der Waals surface area contributed by atoms with E-state index in [1.807, 2.05) is 84.9 Å². The van der Waals surface area contributed by atoms with E-state index in [1.54, 1.807) is 4.40 Å². The van der Waals surface area contributed by atoms with Crippen LogP contribution >= 0.6 is 0 Å². The molecule has 0 N–H and O–H groups in total. The molecule has 0 aliphatic rings. The number of furan rings is 1. The number of para-hydroxylation sites is 1. The Bertz CT molecular complexity index is 2530. The van der Waals surface area contributed by atoms with E-state index in [2.05, 4.69) is 24.3 Å². The first-order valence-corrected chi connectivity index (χ1v) is 12.9. The molecule has 0 fully saturated rings. The van der Waals surface area contributed by atoms with Crippen LogP contribution in [-0.2, 0) is 0 Å². The molecule has 5 heteroatoms. The van der Waals surface area contributed by atoms with Crippen molar-refractivity contribution in [2.45, 2.75) is 0 Å². The third kappa shape index (κ3) is 2.68. The van der Waals surface area contributed by atoms with Gasteiger partial charge in [-0.25, -0.2) is 4.40 Å². The molecule has 0 spiro atoms. The van der Waals surface area contributed by atoms with Crippen molar-refractivity contribution in [1.82, 2.24) is 9.38 Å². The predicted octanol–water partition coefficient (Wildman–Crippen LogP) is 8.47. The van der Waals surface area contributed by atoms with Crippen molar-refractivity contribution in [3.8, 4) is 11.1 Å². The third-order valence-corrected chi connectivity index (χ3v) is 7.84. The van der Waals surface area contributed by atoms with Crippen LogP contribution in [0.3, 0.4) is 0 Å². The van der Waals surface area contributed by atoms with Gasteiger partial charge < -0.3 is 8.83 Å². The summed E-state index contributed by atoms with van der Waals surface area (Å²) in [5.41, 5.74) is 5.53. The summed E-state index contributed by atoms with van der Waals surface area (Å²) in [6.07, 6.45) is 0. The van der Waals surface area contributed by atoms with Gasteiger partial charge in [0.25, 0.3) is 5.56 Å². The number of hydrogen-bond donors (Lipinski definition) is 0. The highest BCUT2D eigenvalue weighted by Gasteiger charge is 2.19. The topological polar surface area (TPSA) is 60.7 Å². The molecule has 0 radical (unpaired) electrons. The molecule has 3 aromatic heterocycles. The molecule has 0 bridgehead atoms. The van der Waals surface area contributed by atoms with Crippen molar-refractivity contribution in [2.75, 3.05) is 0 Å². The van der Waals surface area contributed by atoms with Crippen LogP contribution < -0.4 is 5.56 Å². The Morgan fingerprint density at radius 1 is 0.564 bits per heavy atom. The fraction of sp³-hybridized carbons (Fsp3) is 0. The Morgan fingerprint density at radius 2 is 1.26 bits per heavy atom. The summed E-state index contributed by atoms with van der Waals surface area (Å²) in [4.78, 5) is 19.0. The van der Waals surface area contributed by atoms with Gasteiger partial charge in [-0.1, -0.05) is 84.9 Å². The molecular formula is C34H18N2O3. The molecule has 0 saturated heterocycles. The number of oxazole rings is 1. The second-order valence-corrected chi connectivity index (χ2v) is 9.91. The number of fused-ring (bicyclic) bond motifs is 12. The molecular weight excluding hydrogens is 484 g/mol. The Kier molecular flexibility index (Phi) is 3.87. The Hall–Kier alpha value is -5.42. The Morgan fingerprint density at radius 3 is 2.10 bits per heavy atom. The van der Waals surface area contributed by atoms with E-state index < -0.39 is 0 Å². The molecule has 9 rings (SSSR count). The third-order valence-electron chi connectivity index (χ3n) is 7.84. The second kappa shape index (κ2) is 7.33. The second-order valence-electron chi connectivity index (χ2n) is 9.91. The summed E-state index contributed by atoms with van der Waals surface area (Å²) in [5, 5.41) is 6.65. The lowest BCUT2D eigenvalue weighted by Crippen LogP contribution is -2.14. The van der Waals surface area contributed by atoms with E-state index in [4.69, 9.17) is 13.8 Å². The monoisotopic (exact) mass is 502 g/mol. The summed E-state index contributed by atoms with van der Waals surface area (Å²) >= 11 is 0. The predicted molar refractivity (Wildman–Crippen MR) is 156 cm³/mol. The molecule has 0 aliphatic heterocycles. The van der Waals surface area contributed by atoms with Crippen LogP contribution in [0.15, 0.2) is 123 Å². The van der Waals surface area contributed by atoms with Crippen molar-refractivity contribution in [3.05, 3.63) is 120 Å². The highest BCUT2D eigenvalue weighted by atomic mass is 16.4. The van der Waals surface area contributed by atoms with Gasteiger partial charge in [0.1, 0.15) is 11.2 Å². The highest BCUT2D eigenvalue weighted by molar-refractivity contribution is 6.24. The average Bonchev–Trinajstić information content (AvgIpc) is 3.55. The quantitative estimate of drug-likeness (QED) is 0.211. The maximum absolute atomic E-state index is 14.1. The maximum atomic E-state index is 14.1. The normalized spacial score (nSPS) is 12.2. The van der Waals surface area contributed by atoms with Crippen LogP contribution in [0.25, 0.3) is 82.5 Å². The summed E-state index contributed by atoms with van der Waals surface area (Å²) in [7, 11) is 0. The highest BCUT2D eigenvalue weighted by Crippen LogP contribution is 2.38. The lowest BCUT2D eigenvalue weighted by atomic mass is 9.98. The van der Waals surface area contributed by atoms with E-state index in [1.165, 1.54) is 0 Å². The van der Waals surface area contributed by atoms with Crippen LogP contribution in [0.5, 0.6) is 0 Å². The van der Waals surface area contributed by atoms with E-state index >= 15 is 0 Å². The largest absolute Gasteiger partial charge is 0.456 e. The first kappa shape index (κ1) is 20.6. The van der Waals surface area contributed by atoms with E-state index in [9.17, 15) is 4.79 Å². The van der Waals surface area contributed by atoms with Crippen molar-refractivity contribution < 1.29 is 8.83 Å². The van der Waals surface area contributed by atoms with Gasteiger partial charge in [0, 0.05) is 16.2 Å². The van der Waals surface area contributed by atoms with E-state index in [0.29, 0.717) is 22.0 Å². The Labute approximate surface area is 220 Å². The van der Waals surface area contributed by atoms with Crippen LogP contribution in [0, 0.1) is 0 Å². The lowest BCUT2D eigenvalue weighted by Gasteiger charge is -2.09. The number of rotatable bonds is 1. The van der Waals surface area contributed by atoms with E-state index in [-0.39, 0.29) is 11.4 Å². The molecule has 0 saturated carbocycles. The van der Waals surface area contributed by atoms with Gasteiger partial charge in [0.2, 0.25) is 0 Å². The van der Waals surface area contributed by atoms with Crippen molar-refractivity contribution in [2.24, 2.45) is 0 Å². The van der Waals surface area contributed by atoms with Crippen molar-refractivity contribution in [3.63, 3.8) is 0 Å². The van der Waals surface area contributed by atoms with Crippen LogP contribution in [0.2, 0.25) is 0 Å². The maximum Gasteiger partial charge on any atom is 0.310 e. The van der Waals surface area contributed by atoms with Crippen molar-refractivity contribution in [1.29, 1.82) is 0 Å².